The van der Waals surface area contributed by atoms with Crippen LogP contribution in [0.2, 0.25) is 0 Å². The first kappa shape index (κ1) is 49.7. The van der Waals surface area contributed by atoms with E-state index in [9.17, 15) is 32.4 Å². The zero-order valence-electron chi connectivity index (χ0n) is 36.9. The van der Waals surface area contributed by atoms with Gasteiger partial charge >= 0.3 is 0 Å². The van der Waals surface area contributed by atoms with E-state index < -0.39 is 74.7 Å². The second kappa shape index (κ2) is 21.2. The third-order valence-corrected chi connectivity index (χ3v) is 12.1. The van der Waals surface area contributed by atoms with Crippen LogP contribution < -0.4 is 41.8 Å². The molecule has 61 heavy (non-hydrogen) atoms. The van der Waals surface area contributed by atoms with Gasteiger partial charge in [-0.1, -0.05) is 63.3 Å². The molecule has 1 unspecified atom stereocenters. The smallest absolute Gasteiger partial charge is 0.264 e. The number of benzene rings is 2. The minimum Gasteiger partial charge on any atom is -0.487 e. The molecule has 0 bridgehead atoms. The maximum absolute atomic E-state index is 14.0. The van der Waals surface area contributed by atoms with Crippen LogP contribution in [-0.4, -0.2) is 80.2 Å². The van der Waals surface area contributed by atoms with Crippen molar-refractivity contribution in [3.05, 3.63) is 83.5 Å². The van der Waals surface area contributed by atoms with Crippen LogP contribution in [0, 0.1) is 26.7 Å². The SMILES string of the molecule is C=CCNC(=O)[C@H](NC(=O)[C@H](CC)NC(=O)[C@H](CCCN=C(N)NS(=O)(=O)c1c(C)c(C)c2c(c1C)CC(C)(C)O2)NC(=O)C(C)(CC=C)NC(=O)C(C)C)c1ccccc1. The van der Waals surface area contributed by atoms with Crippen molar-refractivity contribution in [2.24, 2.45) is 16.6 Å². The molecule has 17 heteroatoms. The normalized spacial score (nSPS) is 15.7. The fourth-order valence-corrected chi connectivity index (χ4v) is 8.47. The van der Waals surface area contributed by atoms with Crippen LogP contribution in [0.3, 0.4) is 0 Å². The van der Waals surface area contributed by atoms with E-state index in [1.54, 1.807) is 65.0 Å². The van der Waals surface area contributed by atoms with Crippen LogP contribution in [0.4, 0.5) is 0 Å². The molecule has 0 aromatic heterocycles. The largest absolute Gasteiger partial charge is 0.487 e. The number of nitrogens with zero attached hydrogens (tertiary/aromatic N) is 1. The molecule has 0 saturated carbocycles. The van der Waals surface area contributed by atoms with Gasteiger partial charge in [0.25, 0.3) is 10.0 Å². The first-order valence-electron chi connectivity index (χ1n) is 20.4. The molecule has 1 heterocycles. The van der Waals surface area contributed by atoms with Crippen LogP contribution in [0.1, 0.15) is 101 Å². The van der Waals surface area contributed by atoms with E-state index in [2.05, 4.69) is 49.5 Å². The van der Waals surface area contributed by atoms with Crippen LogP contribution in [-0.2, 0) is 40.4 Å². The predicted molar refractivity (Wildman–Crippen MR) is 236 cm³/mol. The Morgan fingerprint density at radius 1 is 0.918 bits per heavy atom. The van der Waals surface area contributed by atoms with E-state index in [1.165, 1.54) is 19.1 Å². The Kier molecular flexibility index (Phi) is 17.3. The van der Waals surface area contributed by atoms with E-state index in [1.807, 2.05) is 20.8 Å². The fourth-order valence-electron chi connectivity index (χ4n) is 6.94. The Bertz CT molecular complexity index is 2120. The molecule has 5 amide bonds. The molecule has 0 radical (unpaired) electrons. The third kappa shape index (κ3) is 12.9. The van der Waals surface area contributed by atoms with E-state index >= 15 is 0 Å². The monoisotopic (exact) mass is 864 g/mol. The highest BCUT2D eigenvalue weighted by Gasteiger charge is 2.39. The number of rotatable bonds is 21. The van der Waals surface area contributed by atoms with Gasteiger partial charge in [-0.05, 0) is 89.5 Å². The molecule has 16 nitrogen and oxygen atoms in total. The molecule has 3 rings (SSSR count). The van der Waals surface area contributed by atoms with Crippen LogP contribution in [0.15, 0.2) is 65.5 Å². The minimum atomic E-state index is -4.18. The summed E-state index contributed by atoms with van der Waals surface area (Å²) in [6.45, 7) is 23.1. The lowest BCUT2D eigenvalue weighted by atomic mass is 9.94. The molecule has 0 saturated heterocycles. The number of nitrogens with one attached hydrogen (secondary N) is 6. The summed E-state index contributed by atoms with van der Waals surface area (Å²) in [6.07, 6.45) is 3.77. The lowest BCUT2D eigenvalue weighted by Gasteiger charge is -2.32. The van der Waals surface area contributed by atoms with Gasteiger partial charge < -0.3 is 37.1 Å². The van der Waals surface area contributed by atoms with Gasteiger partial charge in [-0.15, -0.1) is 13.2 Å². The van der Waals surface area contributed by atoms with Gasteiger partial charge in [-0.3, -0.25) is 29.0 Å². The summed E-state index contributed by atoms with van der Waals surface area (Å²) in [5.74, 6) is -3.05. The summed E-state index contributed by atoms with van der Waals surface area (Å²) >= 11 is 0. The van der Waals surface area contributed by atoms with Crippen molar-refractivity contribution in [3.8, 4) is 5.75 Å². The number of hydrogen-bond donors (Lipinski definition) is 7. The first-order chi connectivity index (χ1) is 28.5. The summed E-state index contributed by atoms with van der Waals surface area (Å²) in [5, 5.41) is 13.6. The highest BCUT2D eigenvalue weighted by Crippen LogP contribution is 2.43. The summed E-state index contributed by atoms with van der Waals surface area (Å²) in [7, 11) is -4.18. The van der Waals surface area contributed by atoms with Crippen LogP contribution >= 0.6 is 0 Å². The summed E-state index contributed by atoms with van der Waals surface area (Å²) in [4.78, 5) is 71.7. The number of amides is 5. The molecule has 334 valence electrons. The highest BCUT2D eigenvalue weighted by atomic mass is 32.2. The van der Waals surface area contributed by atoms with Gasteiger partial charge in [0, 0.05) is 31.0 Å². The number of hydrogen-bond acceptors (Lipinski definition) is 9. The molecular weight excluding hydrogens is 801 g/mol. The van der Waals surface area contributed by atoms with Gasteiger partial charge in [0.1, 0.15) is 35.0 Å². The van der Waals surface area contributed by atoms with Gasteiger partial charge in [0.05, 0.1) is 4.90 Å². The van der Waals surface area contributed by atoms with Gasteiger partial charge in [0.2, 0.25) is 35.5 Å². The number of ether oxygens (including phenoxy) is 1. The summed E-state index contributed by atoms with van der Waals surface area (Å²) < 4.78 is 36.0. The molecule has 2 aromatic carbocycles. The summed E-state index contributed by atoms with van der Waals surface area (Å²) in [5.41, 5.74) is 7.28. The molecule has 1 aliphatic rings. The number of carbonyl (C=O) groups is 5. The molecular formula is C44H64N8O8S. The zero-order chi connectivity index (χ0) is 45.9. The van der Waals surface area contributed by atoms with Crippen molar-refractivity contribution < 1.29 is 37.1 Å². The lowest BCUT2D eigenvalue weighted by Crippen LogP contribution is -2.61. The molecule has 0 aliphatic carbocycles. The number of fused-ring (bicyclic) bond motifs is 1. The maximum atomic E-state index is 14.0. The lowest BCUT2D eigenvalue weighted by molar-refractivity contribution is -0.137. The Morgan fingerprint density at radius 3 is 2.15 bits per heavy atom. The Balaban J connectivity index is 1.85. The minimum absolute atomic E-state index is 0.0317. The second-order valence-electron chi connectivity index (χ2n) is 16.4. The van der Waals surface area contributed by atoms with Crippen molar-refractivity contribution in [1.29, 1.82) is 0 Å². The number of guanidine groups is 1. The van der Waals surface area contributed by atoms with Crippen molar-refractivity contribution in [2.45, 2.75) is 129 Å². The standard InChI is InChI=1S/C44H64N8O8S/c1-12-22-44(11,51-37(53)26(4)5)41(57)49-33(39(55)48-32(14-3)38(54)50-34(40(56)46-23-13-2)30-19-16-15-17-20-30)21-18-24-47-42(45)52-61(58,59)36-28(7)27(6)35-31(29(36)8)25-43(9,10)60-35/h12-13,15-17,19-20,26,32-34H,1-2,14,18,21-25H2,3-11H3,(H,46,56)(H,48,55)(H,49,57)(H,50,54)(H,51,53)(H3,45,47,52)/t32-,33-,34+,44?/m0/s1. The highest BCUT2D eigenvalue weighted by molar-refractivity contribution is 7.90. The Labute approximate surface area is 360 Å². The molecule has 2 aromatic rings. The van der Waals surface area contributed by atoms with Crippen molar-refractivity contribution in [2.75, 3.05) is 13.1 Å². The molecule has 4 atom stereocenters. The quantitative estimate of drug-likeness (QED) is 0.0421. The first-order valence-corrected chi connectivity index (χ1v) is 21.9. The fraction of sp³-hybridized carbons (Fsp3) is 0.500. The Hall–Kier alpha value is -5.71. The van der Waals surface area contributed by atoms with E-state index in [4.69, 9.17) is 10.5 Å². The molecule has 0 fully saturated rings. The maximum Gasteiger partial charge on any atom is 0.264 e. The van der Waals surface area contributed by atoms with Crippen molar-refractivity contribution >= 4 is 45.5 Å². The van der Waals surface area contributed by atoms with Gasteiger partial charge in [0.15, 0.2) is 0 Å². The average molecular weight is 865 g/mol. The second-order valence-corrected chi connectivity index (χ2v) is 18.0. The average Bonchev–Trinajstić information content (AvgIpc) is 3.53. The van der Waals surface area contributed by atoms with E-state index in [0.717, 1.165) is 5.56 Å². The molecule has 8 N–H and O–H groups in total. The number of aliphatic imine (C=N–C) groups is 1. The van der Waals surface area contributed by atoms with Gasteiger partial charge in [-0.25, -0.2) is 13.1 Å². The van der Waals surface area contributed by atoms with Gasteiger partial charge in [-0.2, -0.15) is 0 Å². The number of sulfonamides is 1. The van der Waals surface area contributed by atoms with Crippen LogP contribution in [0.25, 0.3) is 0 Å². The predicted octanol–water partition coefficient (Wildman–Crippen LogP) is 3.34. The summed E-state index contributed by atoms with van der Waals surface area (Å²) in [6, 6.07) is 5.14. The molecule has 1 aliphatic heterocycles. The zero-order valence-corrected chi connectivity index (χ0v) is 37.7. The van der Waals surface area contributed by atoms with E-state index in [0.29, 0.717) is 34.4 Å². The van der Waals surface area contributed by atoms with Crippen LogP contribution in [0.5, 0.6) is 5.75 Å². The topological polar surface area (TPSA) is 239 Å². The third-order valence-electron chi connectivity index (χ3n) is 10.5. The number of carbonyl (C=O) groups excluding carboxylic acids is 5. The molecule has 0 spiro atoms. The van der Waals surface area contributed by atoms with Crippen molar-refractivity contribution in [3.63, 3.8) is 0 Å². The van der Waals surface area contributed by atoms with Crippen molar-refractivity contribution in [1.82, 2.24) is 31.3 Å². The number of nitrogens with two attached hydrogens (primary N) is 1. The van der Waals surface area contributed by atoms with E-state index in [-0.39, 0.29) is 49.6 Å². The Morgan fingerprint density at radius 2 is 1.56 bits per heavy atom.